The molecule has 34 heavy (non-hydrogen) atoms. The van der Waals surface area contributed by atoms with Crippen molar-refractivity contribution >= 4 is 28.8 Å². The lowest BCUT2D eigenvalue weighted by Gasteiger charge is -2.32. The number of carbonyl (C=O) groups is 2. The summed E-state index contributed by atoms with van der Waals surface area (Å²) in [4.78, 5) is 34.5. The van der Waals surface area contributed by atoms with Gasteiger partial charge in [0.05, 0.1) is 12.8 Å². The summed E-state index contributed by atoms with van der Waals surface area (Å²) < 4.78 is 5.42. The summed E-state index contributed by atoms with van der Waals surface area (Å²) >= 11 is 1.42. The predicted molar refractivity (Wildman–Crippen MR) is 136 cm³/mol. The molecule has 1 fully saturated rings. The topological polar surface area (TPSA) is 74.8 Å². The number of thiazole rings is 1. The van der Waals surface area contributed by atoms with Crippen LogP contribution in [0.5, 0.6) is 5.75 Å². The Morgan fingerprint density at radius 3 is 2.41 bits per heavy atom. The van der Waals surface area contributed by atoms with Gasteiger partial charge in [0.2, 0.25) is 0 Å². The molecule has 1 aliphatic heterocycles. The van der Waals surface area contributed by atoms with Gasteiger partial charge in [-0.3, -0.25) is 9.59 Å². The van der Waals surface area contributed by atoms with Gasteiger partial charge in [0.25, 0.3) is 11.8 Å². The van der Waals surface area contributed by atoms with E-state index >= 15 is 0 Å². The first-order valence-corrected chi connectivity index (χ1v) is 12.3. The zero-order chi connectivity index (χ0) is 24.2. The average molecular weight is 479 g/mol. The first kappa shape index (κ1) is 23.9. The molecule has 0 bridgehead atoms. The van der Waals surface area contributed by atoms with Crippen molar-refractivity contribution < 1.29 is 14.3 Å². The fourth-order valence-corrected chi connectivity index (χ4v) is 4.64. The maximum Gasteiger partial charge on any atom is 0.275 e. The quantitative estimate of drug-likeness (QED) is 0.561. The number of piperazine rings is 1. The molecular weight excluding hydrogens is 448 g/mol. The van der Waals surface area contributed by atoms with Crippen LogP contribution >= 0.6 is 11.3 Å². The molecule has 2 amide bonds. The van der Waals surface area contributed by atoms with Crippen molar-refractivity contribution in [2.45, 2.75) is 19.8 Å². The lowest BCUT2D eigenvalue weighted by molar-refractivity contribution is 0.0664. The molecule has 2 heterocycles. The van der Waals surface area contributed by atoms with Crippen molar-refractivity contribution in [3.05, 3.63) is 64.7 Å². The van der Waals surface area contributed by atoms with Crippen LogP contribution < -0.4 is 10.1 Å². The van der Waals surface area contributed by atoms with Gasteiger partial charge in [-0.05, 0) is 36.7 Å². The number of benzene rings is 2. The molecule has 2 aromatic carbocycles. The maximum absolute atomic E-state index is 13.0. The summed E-state index contributed by atoms with van der Waals surface area (Å²) in [5, 5.41) is 5.40. The Hall–Kier alpha value is -3.23. The number of hydrogen-bond acceptors (Lipinski definition) is 6. The predicted octanol–water partition coefficient (Wildman–Crippen LogP) is 4.58. The van der Waals surface area contributed by atoms with Crippen LogP contribution in [0, 0.1) is 0 Å². The van der Waals surface area contributed by atoms with Crippen LogP contribution in [0.4, 0.5) is 5.69 Å². The zero-order valence-corrected chi connectivity index (χ0v) is 20.8. The van der Waals surface area contributed by atoms with Gasteiger partial charge in [-0.2, -0.15) is 0 Å². The molecule has 1 aromatic heterocycles. The third kappa shape index (κ3) is 5.29. The first-order chi connectivity index (χ1) is 16.4. The largest absolute Gasteiger partial charge is 0.495 e. The molecular formula is C26H30N4O3S. The number of aromatic nitrogens is 1. The summed E-state index contributed by atoms with van der Waals surface area (Å²) in [6, 6.07) is 13.4. The van der Waals surface area contributed by atoms with Crippen LogP contribution in [0.2, 0.25) is 0 Å². The number of amides is 2. The SMILES string of the molecule is COc1ccc(C(=O)N2CCN(C)CC2)cc1NC(=O)c1csc(-c2ccc(C(C)C)cc2)n1. The highest BCUT2D eigenvalue weighted by molar-refractivity contribution is 7.13. The highest BCUT2D eigenvalue weighted by Gasteiger charge is 2.22. The van der Waals surface area contributed by atoms with E-state index in [0.717, 1.165) is 23.7 Å². The van der Waals surface area contributed by atoms with Crippen molar-refractivity contribution in [3.63, 3.8) is 0 Å². The van der Waals surface area contributed by atoms with E-state index in [1.165, 1.54) is 24.0 Å². The molecule has 1 N–H and O–H groups in total. The molecule has 0 aliphatic carbocycles. The highest BCUT2D eigenvalue weighted by atomic mass is 32.1. The Morgan fingerprint density at radius 2 is 1.76 bits per heavy atom. The monoisotopic (exact) mass is 478 g/mol. The number of hydrogen-bond donors (Lipinski definition) is 1. The number of nitrogens with one attached hydrogen (secondary N) is 1. The summed E-state index contributed by atoms with van der Waals surface area (Å²) in [5.74, 6) is 0.555. The number of methoxy groups -OCH3 is 1. The molecule has 3 aromatic rings. The number of ether oxygens (including phenoxy) is 1. The summed E-state index contributed by atoms with van der Waals surface area (Å²) in [6.07, 6.45) is 0. The molecule has 1 aliphatic rings. The Bertz CT molecular complexity index is 1170. The molecule has 7 nitrogen and oxygen atoms in total. The first-order valence-electron chi connectivity index (χ1n) is 11.4. The second-order valence-corrected chi connectivity index (χ2v) is 9.64. The van der Waals surface area contributed by atoms with E-state index in [4.69, 9.17) is 4.74 Å². The van der Waals surface area contributed by atoms with E-state index in [1.54, 1.807) is 23.6 Å². The number of anilines is 1. The van der Waals surface area contributed by atoms with Gasteiger partial charge in [-0.1, -0.05) is 38.1 Å². The van der Waals surface area contributed by atoms with Crippen LogP contribution in [0.3, 0.4) is 0 Å². The molecule has 0 saturated carbocycles. The maximum atomic E-state index is 13.0. The minimum Gasteiger partial charge on any atom is -0.495 e. The van der Waals surface area contributed by atoms with Gasteiger partial charge < -0.3 is 19.9 Å². The fraction of sp³-hybridized carbons (Fsp3) is 0.346. The molecule has 8 heteroatoms. The molecule has 0 unspecified atom stereocenters. The minimum atomic E-state index is -0.344. The van der Waals surface area contributed by atoms with Crippen molar-refractivity contribution in [2.75, 3.05) is 45.7 Å². The van der Waals surface area contributed by atoms with Gasteiger partial charge in [0.1, 0.15) is 16.5 Å². The molecule has 4 rings (SSSR count). The standard InChI is InChI=1S/C26H30N4O3S/c1-17(2)18-5-7-19(8-6-18)25-28-22(16-34-25)24(31)27-21-15-20(9-10-23(21)33-4)26(32)30-13-11-29(3)12-14-30/h5-10,15-17H,11-14H2,1-4H3,(H,27,31). The summed E-state index contributed by atoms with van der Waals surface area (Å²) in [7, 11) is 3.59. The van der Waals surface area contributed by atoms with Crippen LogP contribution in [-0.4, -0.2) is 66.9 Å². The van der Waals surface area contributed by atoms with Crippen molar-refractivity contribution in [2.24, 2.45) is 0 Å². The molecule has 1 saturated heterocycles. The van der Waals surface area contributed by atoms with Gasteiger partial charge in [-0.25, -0.2) is 4.98 Å². The van der Waals surface area contributed by atoms with E-state index in [2.05, 4.69) is 41.2 Å². The third-order valence-electron chi connectivity index (χ3n) is 6.05. The van der Waals surface area contributed by atoms with Gasteiger partial charge >= 0.3 is 0 Å². The van der Waals surface area contributed by atoms with E-state index in [1.807, 2.05) is 24.1 Å². The van der Waals surface area contributed by atoms with E-state index in [0.29, 0.717) is 41.7 Å². The Morgan fingerprint density at radius 1 is 1.06 bits per heavy atom. The van der Waals surface area contributed by atoms with Crippen molar-refractivity contribution in [1.29, 1.82) is 0 Å². The third-order valence-corrected chi connectivity index (χ3v) is 6.94. The number of likely N-dealkylation sites (N-methyl/N-ethyl adjacent to an activating group) is 1. The number of nitrogens with zero attached hydrogens (tertiary/aromatic N) is 3. The number of carbonyl (C=O) groups excluding carboxylic acids is 2. The van der Waals surface area contributed by atoms with E-state index in [9.17, 15) is 9.59 Å². The number of rotatable bonds is 6. The van der Waals surface area contributed by atoms with Crippen molar-refractivity contribution in [3.8, 4) is 16.3 Å². The second-order valence-electron chi connectivity index (χ2n) is 8.78. The highest BCUT2D eigenvalue weighted by Crippen LogP contribution is 2.29. The lowest BCUT2D eigenvalue weighted by atomic mass is 10.0. The van der Waals surface area contributed by atoms with Crippen LogP contribution in [0.15, 0.2) is 47.8 Å². The van der Waals surface area contributed by atoms with Crippen LogP contribution in [-0.2, 0) is 0 Å². The van der Waals surface area contributed by atoms with Crippen LogP contribution in [0.1, 0.15) is 46.2 Å². The summed E-state index contributed by atoms with van der Waals surface area (Å²) in [5.41, 5.74) is 3.53. The zero-order valence-electron chi connectivity index (χ0n) is 20.0. The van der Waals surface area contributed by atoms with Gasteiger partial charge in [0, 0.05) is 42.7 Å². The lowest BCUT2D eigenvalue weighted by Crippen LogP contribution is -2.47. The molecule has 0 radical (unpaired) electrons. The minimum absolute atomic E-state index is 0.0490. The second kappa shape index (κ2) is 10.4. The fourth-order valence-electron chi connectivity index (χ4n) is 3.84. The molecule has 0 atom stereocenters. The Balaban J connectivity index is 1.50. The molecule has 0 spiro atoms. The Kier molecular flexibility index (Phi) is 7.29. The normalized spacial score (nSPS) is 14.3. The van der Waals surface area contributed by atoms with E-state index < -0.39 is 0 Å². The van der Waals surface area contributed by atoms with Gasteiger partial charge in [-0.15, -0.1) is 11.3 Å². The smallest absolute Gasteiger partial charge is 0.275 e. The van der Waals surface area contributed by atoms with Crippen LogP contribution in [0.25, 0.3) is 10.6 Å². The summed E-state index contributed by atoms with van der Waals surface area (Å²) in [6.45, 7) is 7.37. The van der Waals surface area contributed by atoms with Gasteiger partial charge in [0.15, 0.2) is 0 Å². The Labute approximate surface area is 204 Å². The van der Waals surface area contributed by atoms with Crippen molar-refractivity contribution in [1.82, 2.24) is 14.8 Å². The van der Waals surface area contributed by atoms with E-state index in [-0.39, 0.29) is 11.8 Å². The molecule has 178 valence electrons. The average Bonchev–Trinajstić information content (AvgIpc) is 3.35.